The van der Waals surface area contributed by atoms with Crippen LogP contribution in [0.25, 0.3) is 10.9 Å². The third-order valence-electron chi connectivity index (χ3n) is 7.68. The average Bonchev–Trinajstić information content (AvgIpc) is 3.02. The number of nitrogen functional groups attached to an aromatic ring is 1. The molecule has 9 nitrogen and oxygen atoms in total. The molecule has 0 radical (unpaired) electrons. The van der Waals surface area contributed by atoms with Crippen molar-refractivity contribution in [3.8, 4) is 17.2 Å². The monoisotopic (exact) mass is 585 g/mol. The molecule has 0 saturated carbocycles. The van der Waals surface area contributed by atoms with Crippen LogP contribution in [0.5, 0.6) is 17.2 Å². The zero-order valence-corrected chi connectivity index (χ0v) is 24.1. The summed E-state index contributed by atoms with van der Waals surface area (Å²) in [6.45, 7) is 2.39. The molecular formula is C33H36FN5O4. The second-order valence-corrected chi connectivity index (χ2v) is 10.7. The van der Waals surface area contributed by atoms with Gasteiger partial charge in [-0.2, -0.15) is 0 Å². The summed E-state index contributed by atoms with van der Waals surface area (Å²) in [4.78, 5) is 29.1. The number of anilines is 2. The van der Waals surface area contributed by atoms with Gasteiger partial charge in [0.15, 0.2) is 11.6 Å². The number of piperidine rings is 1. The van der Waals surface area contributed by atoms with Crippen LogP contribution < -0.4 is 31.2 Å². The molecule has 0 atom stereocenters. The molecule has 5 rings (SSSR count). The van der Waals surface area contributed by atoms with Gasteiger partial charge in [-0.05, 0) is 105 Å². The van der Waals surface area contributed by atoms with Gasteiger partial charge in [-0.15, -0.1) is 0 Å². The molecule has 5 N–H and O–H groups in total. The van der Waals surface area contributed by atoms with E-state index in [1.165, 1.54) is 25.0 Å². The van der Waals surface area contributed by atoms with Gasteiger partial charge in [0.1, 0.15) is 11.5 Å². The molecule has 224 valence electrons. The summed E-state index contributed by atoms with van der Waals surface area (Å²) in [6.07, 6.45) is 6.49. The van der Waals surface area contributed by atoms with E-state index in [4.69, 9.17) is 15.2 Å². The molecule has 10 heteroatoms. The highest BCUT2D eigenvalue weighted by atomic mass is 19.1. The van der Waals surface area contributed by atoms with Crippen molar-refractivity contribution in [1.29, 1.82) is 0 Å². The zero-order valence-electron chi connectivity index (χ0n) is 24.1. The van der Waals surface area contributed by atoms with Gasteiger partial charge in [0.05, 0.1) is 12.6 Å². The Morgan fingerprint density at radius 2 is 1.77 bits per heavy atom. The number of hydrogen-bond donors (Lipinski definition) is 4. The van der Waals surface area contributed by atoms with E-state index in [0.717, 1.165) is 54.4 Å². The minimum atomic E-state index is -0.895. The molecule has 1 saturated heterocycles. The molecule has 0 aliphatic carbocycles. The molecule has 1 aliphatic rings. The van der Waals surface area contributed by atoms with E-state index in [0.29, 0.717) is 29.2 Å². The first-order valence-electron chi connectivity index (χ1n) is 14.5. The van der Waals surface area contributed by atoms with E-state index < -0.39 is 17.6 Å². The number of nitrogens with one attached hydrogen (secondary N) is 3. The topological polar surface area (TPSA) is 128 Å². The second kappa shape index (κ2) is 14.0. The van der Waals surface area contributed by atoms with Gasteiger partial charge < -0.3 is 31.2 Å². The van der Waals surface area contributed by atoms with Crippen molar-refractivity contribution in [2.45, 2.75) is 32.1 Å². The third-order valence-corrected chi connectivity index (χ3v) is 7.68. The van der Waals surface area contributed by atoms with Crippen LogP contribution in [0.15, 0.2) is 66.9 Å². The molecule has 43 heavy (non-hydrogen) atoms. The molecule has 0 unspecified atom stereocenters. The normalized spacial score (nSPS) is 13.4. The number of nitrogens with zero attached hydrogens (tertiary/aromatic N) is 1. The summed E-state index contributed by atoms with van der Waals surface area (Å²) < 4.78 is 26.7. The number of aryl methyl sites for hydroxylation is 1. The largest absolute Gasteiger partial charge is 0.496 e. The number of carbonyl (C=O) groups excluding carboxylic acids is 2. The first-order valence-corrected chi connectivity index (χ1v) is 14.5. The summed E-state index contributed by atoms with van der Waals surface area (Å²) >= 11 is 0. The van der Waals surface area contributed by atoms with Crippen molar-refractivity contribution in [1.82, 2.24) is 15.6 Å². The first kappa shape index (κ1) is 29.8. The Bertz CT molecular complexity index is 1590. The third kappa shape index (κ3) is 7.78. The molecular weight excluding hydrogens is 549 g/mol. The van der Waals surface area contributed by atoms with Gasteiger partial charge >= 0.3 is 11.8 Å². The van der Waals surface area contributed by atoms with Crippen molar-refractivity contribution in [3.63, 3.8) is 0 Å². The van der Waals surface area contributed by atoms with Crippen LogP contribution >= 0.6 is 0 Å². The molecule has 0 spiro atoms. The van der Waals surface area contributed by atoms with E-state index in [1.54, 1.807) is 31.5 Å². The minimum absolute atomic E-state index is 0.0348. The van der Waals surface area contributed by atoms with Crippen LogP contribution in [0.3, 0.4) is 0 Å². The summed E-state index contributed by atoms with van der Waals surface area (Å²) in [5.41, 5.74) is 9.24. The molecule has 3 aromatic carbocycles. The van der Waals surface area contributed by atoms with Gasteiger partial charge in [-0.25, -0.2) is 4.39 Å². The number of ether oxygens (including phenoxy) is 2. The molecule has 0 bridgehead atoms. The quantitative estimate of drug-likeness (QED) is 0.153. The molecule has 2 heterocycles. The molecule has 1 aromatic heterocycles. The fraction of sp³-hybridized carbons (Fsp3) is 0.303. The van der Waals surface area contributed by atoms with Crippen molar-refractivity contribution in [2.75, 3.05) is 37.8 Å². The lowest BCUT2D eigenvalue weighted by atomic mass is 9.91. The lowest BCUT2D eigenvalue weighted by Crippen LogP contribution is -2.36. The van der Waals surface area contributed by atoms with Gasteiger partial charge in [-0.1, -0.05) is 12.1 Å². The SMILES string of the molecule is COc1cc2c(Oc3ccc(NC(=O)C(=O)NCCc4ccc(N)cc4)cc3F)ccnc2cc1CCC1CCNCC1. The van der Waals surface area contributed by atoms with Crippen LogP contribution in [0.1, 0.15) is 30.4 Å². The number of amides is 2. The summed E-state index contributed by atoms with van der Waals surface area (Å²) in [5.74, 6) is -0.592. The number of aromatic nitrogens is 1. The number of pyridine rings is 1. The van der Waals surface area contributed by atoms with Gasteiger partial charge in [0, 0.05) is 35.6 Å². The predicted octanol–water partition coefficient (Wildman–Crippen LogP) is 4.99. The highest BCUT2D eigenvalue weighted by molar-refractivity contribution is 6.39. The van der Waals surface area contributed by atoms with Gasteiger partial charge in [0.2, 0.25) is 0 Å². The lowest BCUT2D eigenvalue weighted by Gasteiger charge is -2.23. The Hall–Kier alpha value is -4.70. The van der Waals surface area contributed by atoms with E-state index >= 15 is 4.39 Å². The Balaban J connectivity index is 1.21. The minimum Gasteiger partial charge on any atom is -0.496 e. The number of benzene rings is 3. The number of methoxy groups -OCH3 is 1. The Labute approximate surface area is 250 Å². The summed E-state index contributed by atoms with van der Waals surface area (Å²) in [5, 5.41) is 9.08. The molecule has 1 fully saturated rings. The number of halogens is 1. The Kier molecular flexibility index (Phi) is 9.68. The fourth-order valence-corrected chi connectivity index (χ4v) is 5.25. The number of carbonyl (C=O) groups is 2. The smallest absolute Gasteiger partial charge is 0.313 e. The molecule has 2 amide bonds. The van der Waals surface area contributed by atoms with Crippen LogP contribution in [-0.4, -0.2) is 43.5 Å². The number of hydrogen-bond acceptors (Lipinski definition) is 7. The van der Waals surface area contributed by atoms with Crippen molar-refractivity contribution in [3.05, 3.63) is 83.8 Å². The van der Waals surface area contributed by atoms with Crippen molar-refractivity contribution in [2.24, 2.45) is 5.92 Å². The first-order chi connectivity index (χ1) is 20.9. The number of fused-ring (bicyclic) bond motifs is 1. The Morgan fingerprint density at radius 1 is 0.977 bits per heavy atom. The maximum Gasteiger partial charge on any atom is 0.313 e. The highest BCUT2D eigenvalue weighted by Crippen LogP contribution is 2.35. The van der Waals surface area contributed by atoms with E-state index in [2.05, 4.69) is 20.9 Å². The van der Waals surface area contributed by atoms with E-state index in [1.807, 2.05) is 24.3 Å². The number of rotatable bonds is 10. The Morgan fingerprint density at radius 3 is 2.51 bits per heavy atom. The molecule has 1 aliphatic heterocycles. The van der Waals surface area contributed by atoms with Crippen LogP contribution in [0, 0.1) is 11.7 Å². The molecule has 4 aromatic rings. The van der Waals surface area contributed by atoms with Gasteiger partial charge in [0.25, 0.3) is 0 Å². The van der Waals surface area contributed by atoms with Crippen molar-refractivity contribution < 1.29 is 23.5 Å². The van der Waals surface area contributed by atoms with Crippen LogP contribution in [-0.2, 0) is 22.4 Å². The fourth-order valence-electron chi connectivity index (χ4n) is 5.25. The summed E-state index contributed by atoms with van der Waals surface area (Å²) in [6, 6.07) is 16.8. The maximum absolute atomic E-state index is 15.1. The highest BCUT2D eigenvalue weighted by Gasteiger charge is 2.18. The van der Waals surface area contributed by atoms with E-state index in [-0.39, 0.29) is 18.0 Å². The van der Waals surface area contributed by atoms with Crippen LogP contribution in [0.4, 0.5) is 15.8 Å². The summed E-state index contributed by atoms with van der Waals surface area (Å²) in [7, 11) is 1.64. The standard InChI is InChI=1S/C33H36FN5O4/c1-42-31-20-26-28(18-23(31)5-2-22-10-14-36-15-11-22)37-17-13-29(26)43-30-9-8-25(19-27(30)34)39-33(41)32(40)38-16-12-21-3-6-24(35)7-4-21/h3-4,6-9,13,17-20,22,36H,2,5,10-12,14-16,35H2,1H3,(H,38,40)(H,39,41). The average molecular weight is 586 g/mol. The van der Waals surface area contributed by atoms with E-state index in [9.17, 15) is 9.59 Å². The van der Waals surface area contributed by atoms with Crippen LogP contribution in [0.2, 0.25) is 0 Å². The van der Waals surface area contributed by atoms with Gasteiger partial charge in [-0.3, -0.25) is 14.6 Å². The number of nitrogens with two attached hydrogens (primary N) is 1. The lowest BCUT2D eigenvalue weighted by molar-refractivity contribution is -0.136. The zero-order chi connectivity index (χ0) is 30.2. The van der Waals surface area contributed by atoms with Crippen molar-refractivity contribution >= 4 is 34.1 Å². The predicted molar refractivity (Wildman–Crippen MR) is 165 cm³/mol. The maximum atomic E-state index is 15.1. The second-order valence-electron chi connectivity index (χ2n) is 10.7.